The second-order valence-electron chi connectivity index (χ2n) is 6.49. The van der Waals surface area contributed by atoms with Crippen molar-refractivity contribution in [2.45, 2.75) is 45.8 Å². The molecule has 2 rings (SSSR count). The molecule has 0 fully saturated rings. The van der Waals surface area contributed by atoms with Gasteiger partial charge in [0.1, 0.15) is 11.1 Å². The van der Waals surface area contributed by atoms with Crippen LogP contribution in [0, 0.1) is 5.82 Å². The number of hydrogen-bond donors (Lipinski definition) is 2. The summed E-state index contributed by atoms with van der Waals surface area (Å²) in [7, 11) is 0. The molecule has 0 saturated heterocycles. The van der Waals surface area contributed by atoms with Crippen molar-refractivity contribution in [1.82, 2.24) is 15.5 Å². The normalized spacial score (nSPS) is 12.5. The Morgan fingerprint density at radius 2 is 1.95 bits per heavy atom. The Balaban J connectivity index is 2.30. The molecular formula is C15H20FN3O2. The molecule has 1 heterocycles. The molecule has 0 saturated carbocycles. The predicted molar refractivity (Wildman–Crippen MR) is 78.4 cm³/mol. The molecule has 0 radical (unpaired) electrons. The fraction of sp³-hybridized carbons (Fsp3) is 0.467. The number of para-hydroxylation sites is 1. The van der Waals surface area contributed by atoms with Gasteiger partial charge in [-0.15, -0.1) is 0 Å². The van der Waals surface area contributed by atoms with E-state index in [1.165, 1.54) is 6.07 Å². The van der Waals surface area contributed by atoms with Gasteiger partial charge in [-0.3, -0.25) is 5.10 Å². The number of aromatic nitrogens is 2. The summed E-state index contributed by atoms with van der Waals surface area (Å²) in [6.07, 6.45) is -0.536. The maximum absolute atomic E-state index is 13.7. The van der Waals surface area contributed by atoms with Crippen LogP contribution in [0.4, 0.5) is 9.18 Å². The summed E-state index contributed by atoms with van der Waals surface area (Å²) in [6.45, 7) is 8.98. The van der Waals surface area contributed by atoms with Crippen molar-refractivity contribution >= 4 is 17.0 Å². The largest absolute Gasteiger partial charge is 0.444 e. The monoisotopic (exact) mass is 293 g/mol. The molecule has 2 aromatic rings. The van der Waals surface area contributed by atoms with Gasteiger partial charge in [-0.25, -0.2) is 9.18 Å². The Morgan fingerprint density at radius 1 is 1.29 bits per heavy atom. The van der Waals surface area contributed by atoms with E-state index in [1.54, 1.807) is 46.8 Å². The molecule has 21 heavy (non-hydrogen) atoms. The molecule has 1 amide bonds. The van der Waals surface area contributed by atoms with E-state index in [4.69, 9.17) is 4.74 Å². The van der Waals surface area contributed by atoms with Crippen molar-refractivity contribution in [3.8, 4) is 0 Å². The molecule has 0 aliphatic rings. The van der Waals surface area contributed by atoms with Crippen LogP contribution in [-0.2, 0) is 10.3 Å². The third kappa shape index (κ3) is 3.32. The van der Waals surface area contributed by atoms with Crippen LogP contribution in [-0.4, -0.2) is 21.9 Å². The van der Waals surface area contributed by atoms with E-state index in [2.05, 4.69) is 15.5 Å². The number of rotatable bonds is 2. The number of H-pyrrole nitrogens is 1. The third-order valence-electron chi connectivity index (χ3n) is 2.97. The van der Waals surface area contributed by atoms with Gasteiger partial charge in [0.25, 0.3) is 0 Å². The van der Waals surface area contributed by atoms with Gasteiger partial charge in [0.2, 0.25) is 0 Å². The van der Waals surface area contributed by atoms with Crippen LogP contribution in [0.2, 0.25) is 0 Å². The Bertz CT molecular complexity index is 671. The first-order chi connectivity index (χ1) is 9.60. The average molecular weight is 293 g/mol. The third-order valence-corrected chi connectivity index (χ3v) is 2.97. The van der Waals surface area contributed by atoms with Gasteiger partial charge >= 0.3 is 6.09 Å². The molecule has 6 heteroatoms. The maximum atomic E-state index is 13.7. The van der Waals surface area contributed by atoms with Crippen LogP contribution in [0.15, 0.2) is 18.2 Å². The highest BCUT2D eigenvalue weighted by atomic mass is 19.1. The molecule has 0 aliphatic carbocycles. The first-order valence-electron chi connectivity index (χ1n) is 6.74. The number of aromatic amines is 1. The summed E-state index contributed by atoms with van der Waals surface area (Å²) in [4.78, 5) is 11.9. The van der Waals surface area contributed by atoms with Gasteiger partial charge in [0.05, 0.1) is 11.2 Å². The molecule has 0 atom stereocenters. The SMILES string of the molecule is CC(C)(C)OC(=O)NC(C)(C)c1[nH]nc2c(F)cccc12. The predicted octanol–water partition coefficient (Wildman–Crippen LogP) is 3.46. The number of carbonyl (C=O) groups excluding carboxylic acids is 1. The van der Waals surface area contributed by atoms with Crippen LogP contribution in [0.3, 0.4) is 0 Å². The lowest BCUT2D eigenvalue weighted by atomic mass is 9.97. The number of hydrogen-bond acceptors (Lipinski definition) is 3. The fourth-order valence-electron chi connectivity index (χ4n) is 2.10. The second kappa shape index (κ2) is 5.02. The van der Waals surface area contributed by atoms with Crippen LogP contribution in [0.25, 0.3) is 10.9 Å². The minimum Gasteiger partial charge on any atom is -0.444 e. The fourth-order valence-corrected chi connectivity index (χ4v) is 2.10. The molecule has 5 nitrogen and oxygen atoms in total. The number of ether oxygens (including phenoxy) is 1. The van der Waals surface area contributed by atoms with Crippen LogP contribution in [0.1, 0.15) is 40.3 Å². The van der Waals surface area contributed by atoms with Crippen LogP contribution < -0.4 is 5.32 Å². The van der Waals surface area contributed by atoms with Crippen LogP contribution >= 0.6 is 0 Å². The zero-order chi connectivity index (χ0) is 15.8. The summed E-state index contributed by atoms with van der Waals surface area (Å²) in [5, 5.41) is 10.2. The zero-order valence-electron chi connectivity index (χ0n) is 12.9. The topological polar surface area (TPSA) is 67.0 Å². The molecule has 0 aliphatic heterocycles. The molecule has 1 aromatic heterocycles. The van der Waals surface area contributed by atoms with E-state index in [1.807, 2.05) is 0 Å². The summed E-state index contributed by atoms with van der Waals surface area (Å²) >= 11 is 0. The smallest absolute Gasteiger partial charge is 0.408 e. The highest BCUT2D eigenvalue weighted by Crippen LogP contribution is 2.27. The van der Waals surface area contributed by atoms with E-state index < -0.39 is 23.1 Å². The molecular weight excluding hydrogens is 273 g/mol. The minimum absolute atomic E-state index is 0.256. The van der Waals surface area contributed by atoms with Gasteiger partial charge in [0, 0.05) is 5.39 Å². The minimum atomic E-state index is -0.773. The number of carbonyl (C=O) groups is 1. The van der Waals surface area contributed by atoms with Gasteiger partial charge in [-0.1, -0.05) is 12.1 Å². The first-order valence-corrected chi connectivity index (χ1v) is 6.74. The summed E-state index contributed by atoms with van der Waals surface area (Å²) in [5.74, 6) is -0.400. The van der Waals surface area contributed by atoms with E-state index in [0.29, 0.717) is 11.1 Å². The molecule has 1 aromatic carbocycles. The van der Waals surface area contributed by atoms with E-state index >= 15 is 0 Å². The Hall–Kier alpha value is -2.11. The van der Waals surface area contributed by atoms with Gasteiger partial charge < -0.3 is 10.1 Å². The molecule has 0 bridgehead atoms. The lowest BCUT2D eigenvalue weighted by Gasteiger charge is -2.28. The second-order valence-corrected chi connectivity index (χ2v) is 6.49. The molecule has 114 valence electrons. The number of nitrogens with one attached hydrogen (secondary N) is 2. The zero-order valence-corrected chi connectivity index (χ0v) is 12.9. The Labute approximate surface area is 122 Å². The van der Waals surface area contributed by atoms with E-state index in [9.17, 15) is 9.18 Å². The summed E-state index contributed by atoms with van der Waals surface area (Å²) in [6, 6.07) is 4.72. The standard InChI is InChI=1S/C15H20FN3O2/c1-14(2,3)21-13(20)17-15(4,5)12-9-7-6-8-10(16)11(9)18-19-12/h6-8H,1-5H3,(H,17,20)(H,18,19). The van der Waals surface area contributed by atoms with E-state index in [-0.39, 0.29) is 5.52 Å². The molecule has 0 spiro atoms. The first kappa shape index (κ1) is 15.3. The van der Waals surface area contributed by atoms with Crippen molar-refractivity contribution in [2.75, 3.05) is 0 Å². The van der Waals surface area contributed by atoms with Crippen molar-refractivity contribution < 1.29 is 13.9 Å². The lowest BCUT2D eigenvalue weighted by Crippen LogP contribution is -2.44. The van der Waals surface area contributed by atoms with Crippen molar-refractivity contribution in [2.24, 2.45) is 0 Å². The maximum Gasteiger partial charge on any atom is 0.408 e. The number of fused-ring (bicyclic) bond motifs is 1. The number of alkyl carbamates (subject to hydrolysis) is 1. The Kier molecular flexibility index (Phi) is 3.65. The van der Waals surface area contributed by atoms with E-state index in [0.717, 1.165) is 0 Å². The van der Waals surface area contributed by atoms with Crippen LogP contribution in [0.5, 0.6) is 0 Å². The highest BCUT2D eigenvalue weighted by Gasteiger charge is 2.29. The molecule has 2 N–H and O–H groups in total. The lowest BCUT2D eigenvalue weighted by molar-refractivity contribution is 0.0469. The number of benzene rings is 1. The van der Waals surface area contributed by atoms with Crippen molar-refractivity contribution in [3.63, 3.8) is 0 Å². The number of halogens is 1. The van der Waals surface area contributed by atoms with Crippen molar-refractivity contribution in [3.05, 3.63) is 29.7 Å². The molecule has 0 unspecified atom stereocenters. The quantitative estimate of drug-likeness (QED) is 0.891. The van der Waals surface area contributed by atoms with Crippen molar-refractivity contribution in [1.29, 1.82) is 0 Å². The Morgan fingerprint density at radius 3 is 2.57 bits per heavy atom. The number of amides is 1. The van der Waals surface area contributed by atoms with Gasteiger partial charge in [-0.05, 0) is 40.7 Å². The number of nitrogens with zero attached hydrogens (tertiary/aromatic N) is 1. The van der Waals surface area contributed by atoms with Gasteiger partial charge in [0.15, 0.2) is 5.82 Å². The summed E-state index contributed by atoms with van der Waals surface area (Å²) < 4.78 is 18.9. The summed E-state index contributed by atoms with van der Waals surface area (Å²) in [5.41, 5.74) is -0.470. The van der Waals surface area contributed by atoms with Gasteiger partial charge in [-0.2, -0.15) is 5.10 Å². The highest BCUT2D eigenvalue weighted by molar-refractivity contribution is 5.83. The average Bonchev–Trinajstić information content (AvgIpc) is 2.71.